The Morgan fingerprint density at radius 3 is 2.32 bits per heavy atom. The van der Waals surface area contributed by atoms with E-state index >= 15 is 0 Å². The molecule has 2 heterocycles. The van der Waals surface area contributed by atoms with Crippen molar-refractivity contribution in [1.29, 1.82) is 0 Å². The Kier molecular flexibility index (Phi) is 5.70. The summed E-state index contributed by atoms with van der Waals surface area (Å²) in [5.41, 5.74) is 1.07. The second kappa shape index (κ2) is 8.58. The van der Waals surface area contributed by atoms with Gasteiger partial charge in [-0.1, -0.05) is 23.7 Å². The Morgan fingerprint density at radius 1 is 0.903 bits per heavy atom. The molecule has 0 saturated heterocycles. The van der Waals surface area contributed by atoms with Gasteiger partial charge in [-0.3, -0.25) is 4.79 Å². The van der Waals surface area contributed by atoms with E-state index in [1.165, 1.54) is 42.7 Å². The number of hydrogen-bond acceptors (Lipinski definition) is 6. The van der Waals surface area contributed by atoms with Crippen molar-refractivity contribution < 1.29 is 17.6 Å². The topological polar surface area (TPSA) is 114 Å². The molecule has 0 fully saturated rings. The van der Waals surface area contributed by atoms with Crippen LogP contribution >= 0.6 is 11.6 Å². The number of aromatic nitrogens is 2. The van der Waals surface area contributed by atoms with Crippen LogP contribution in [0.2, 0.25) is 5.02 Å². The molecule has 8 nitrogen and oxygen atoms in total. The molecule has 0 aliphatic heterocycles. The van der Waals surface area contributed by atoms with Crippen LogP contribution < -0.4 is 10.0 Å². The highest BCUT2D eigenvalue weighted by Crippen LogP contribution is 2.29. The molecule has 31 heavy (non-hydrogen) atoms. The van der Waals surface area contributed by atoms with E-state index in [4.69, 9.17) is 16.0 Å². The first-order valence-corrected chi connectivity index (χ1v) is 10.8. The smallest absolute Gasteiger partial charge is 0.291 e. The SMILES string of the molecule is O=C(Nc1ccc(S(=O)(=O)Nc2ncccn2)cc1)c1ccc(-c2ccccc2Cl)o1. The molecule has 4 rings (SSSR count). The molecule has 2 N–H and O–H groups in total. The highest BCUT2D eigenvalue weighted by Gasteiger charge is 2.17. The molecule has 0 unspecified atom stereocenters. The number of nitrogens with one attached hydrogen (secondary N) is 2. The first kappa shape index (κ1) is 20.6. The van der Waals surface area contributed by atoms with Crippen molar-refractivity contribution in [2.75, 3.05) is 10.0 Å². The van der Waals surface area contributed by atoms with E-state index in [0.717, 1.165) is 0 Å². The maximum absolute atomic E-state index is 12.5. The number of benzene rings is 2. The third-order valence-corrected chi connectivity index (χ3v) is 5.86. The Labute approximate surface area is 183 Å². The van der Waals surface area contributed by atoms with E-state index in [0.29, 0.717) is 22.0 Å². The second-order valence-electron chi connectivity index (χ2n) is 6.30. The number of anilines is 2. The summed E-state index contributed by atoms with van der Waals surface area (Å²) in [7, 11) is -3.86. The Bertz CT molecular complexity index is 1320. The summed E-state index contributed by atoms with van der Waals surface area (Å²) in [4.78, 5) is 20.1. The van der Waals surface area contributed by atoms with E-state index in [1.807, 2.05) is 6.07 Å². The lowest BCUT2D eigenvalue weighted by Gasteiger charge is -2.08. The van der Waals surface area contributed by atoms with E-state index in [-0.39, 0.29) is 16.6 Å². The van der Waals surface area contributed by atoms with Gasteiger partial charge in [0.2, 0.25) is 5.95 Å². The number of nitrogens with zero attached hydrogens (tertiary/aromatic N) is 2. The van der Waals surface area contributed by atoms with Crippen molar-refractivity contribution in [1.82, 2.24) is 9.97 Å². The standard InChI is InChI=1S/C21H15ClN4O4S/c22-17-5-2-1-4-16(17)18-10-11-19(30-18)20(27)25-14-6-8-15(9-7-14)31(28,29)26-21-23-12-3-13-24-21/h1-13H,(H,25,27)(H,23,24,26). The van der Waals surface area contributed by atoms with Crippen molar-refractivity contribution in [2.45, 2.75) is 4.90 Å². The van der Waals surface area contributed by atoms with Crippen LogP contribution in [0, 0.1) is 0 Å². The van der Waals surface area contributed by atoms with Crippen LogP contribution in [0.3, 0.4) is 0 Å². The van der Waals surface area contributed by atoms with E-state index in [1.54, 1.807) is 30.3 Å². The molecule has 0 radical (unpaired) electrons. The summed E-state index contributed by atoms with van der Waals surface area (Å²) in [6, 6.07) is 17.6. The summed E-state index contributed by atoms with van der Waals surface area (Å²) in [6.07, 6.45) is 2.85. The van der Waals surface area contributed by atoms with Gasteiger partial charge in [-0.2, -0.15) is 0 Å². The van der Waals surface area contributed by atoms with Gasteiger partial charge in [0.15, 0.2) is 5.76 Å². The van der Waals surface area contributed by atoms with Crippen LogP contribution in [0.1, 0.15) is 10.6 Å². The van der Waals surface area contributed by atoms with Gasteiger partial charge in [0.05, 0.1) is 9.92 Å². The first-order chi connectivity index (χ1) is 14.9. The van der Waals surface area contributed by atoms with Gasteiger partial charge in [-0.15, -0.1) is 0 Å². The normalized spacial score (nSPS) is 11.1. The molecule has 1 amide bonds. The van der Waals surface area contributed by atoms with E-state index in [2.05, 4.69) is 20.0 Å². The predicted molar refractivity (Wildman–Crippen MR) is 116 cm³/mol. The quantitative estimate of drug-likeness (QED) is 0.445. The number of carbonyl (C=O) groups excluding carboxylic acids is 1. The summed E-state index contributed by atoms with van der Waals surface area (Å²) in [5, 5.41) is 3.17. The van der Waals surface area contributed by atoms with Gasteiger partial charge >= 0.3 is 0 Å². The maximum atomic E-state index is 12.5. The summed E-state index contributed by atoms with van der Waals surface area (Å²) in [6.45, 7) is 0. The summed E-state index contributed by atoms with van der Waals surface area (Å²) >= 11 is 6.16. The van der Waals surface area contributed by atoms with Crippen LogP contribution in [0.5, 0.6) is 0 Å². The third kappa shape index (κ3) is 4.73. The molecule has 0 atom stereocenters. The third-order valence-electron chi connectivity index (χ3n) is 4.18. The molecular weight excluding hydrogens is 440 g/mol. The number of rotatable bonds is 6. The van der Waals surface area contributed by atoms with Crippen LogP contribution in [-0.2, 0) is 10.0 Å². The van der Waals surface area contributed by atoms with Gasteiger partial charge in [0.25, 0.3) is 15.9 Å². The average Bonchev–Trinajstić information content (AvgIpc) is 3.25. The summed E-state index contributed by atoms with van der Waals surface area (Å²) < 4.78 is 32.7. The number of carbonyl (C=O) groups is 1. The Hall–Kier alpha value is -3.69. The largest absolute Gasteiger partial charge is 0.451 e. The number of amides is 1. The molecule has 2 aromatic carbocycles. The molecule has 2 aromatic heterocycles. The molecule has 0 aliphatic rings. The number of halogens is 1. The minimum atomic E-state index is -3.86. The lowest BCUT2D eigenvalue weighted by atomic mass is 10.2. The monoisotopic (exact) mass is 454 g/mol. The molecule has 10 heteroatoms. The van der Waals surface area contributed by atoms with Gasteiger partial charge in [0, 0.05) is 23.6 Å². The lowest BCUT2D eigenvalue weighted by molar-refractivity contribution is 0.0997. The van der Waals surface area contributed by atoms with Crippen molar-refractivity contribution >= 4 is 39.2 Å². The highest BCUT2D eigenvalue weighted by atomic mass is 35.5. The molecule has 156 valence electrons. The fourth-order valence-electron chi connectivity index (χ4n) is 2.71. The van der Waals surface area contributed by atoms with Crippen molar-refractivity contribution in [3.8, 4) is 11.3 Å². The number of furan rings is 1. The van der Waals surface area contributed by atoms with Gasteiger partial charge < -0.3 is 9.73 Å². The van der Waals surface area contributed by atoms with Gasteiger partial charge in [-0.05, 0) is 54.6 Å². The van der Waals surface area contributed by atoms with Gasteiger partial charge in [-0.25, -0.2) is 23.1 Å². The maximum Gasteiger partial charge on any atom is 0.291 e. The fraction of sp³-hybridized carbons (Fsp3) is 0. The minimum absolute atomic E-state index is 0.00282. The van der Waals surface area contributed by atoms with E-state index in [9.17, 15) is 13.2 Å². The molecule has 0 bridgehead atoms. The van der Waals surface area contributed by atoms with Crippen LogP contribution in [0.4, 0.5) is 11.6 Å². The minimum Gasteiger partial charge on any atom is -0.451 e. The van der Waals surface area contributed by atoms with E-state index < -0.39 is 15.9 Å². The zero-order valence-corrected chi connectivity index (χ0v) is 17.4. The Morgan fingerprint density at radius 2 is 1.61 bits per heavy atom. The first-order valence-electron chi connectivity index (χ1n) is 8.98. The molecular formula is C21H15ClN4O4S. The zero-order chi connectivity index (χ0) is 21.8. The average molecular weight is 455 g/mol. The second-order valence-corrected chi connectivity index (χ2v) is 8.39. The Balaban J connectivity index is 1.46. The van der Waals surface area contributed by atoms with Crippen molar-refractivity contribution in [3.05, 3.63) is 89.9 Å². The summed E-state index contributed by atoms with van der Waals surface area (Å²) in [5.74, 6) is 0.0395. The molecule has 0 saturated carbocycles. The van der Waals surface area contributed by atoms with Crippen LogP contribution in [0.15, 0.2) is 88.4 Å². The fourth-order valence-corrected chi connectivity index (χ4v) is 3.89. The van der Waals surface area contributed by atoms with Crippen molar-refractivity contribution in [3.63, 3.8) is 0 Å². The van der Waals surface area contributed by atoms with Gasteiger partial charge in [0.1, 0.15) is 5.76 Å². The number of hydrogen-bond donors (Lipinski definition) is 2. The van der Waals surface area contributed by atoms with Crippen LogP contribution in [0.25, 0.3) is 11.3 Å². The molecule has 0 aliphatic carbocycles. The van der Waals surface area contributed by atoms with Crippen molar-refractivity contribution in [2.24, 2.45) is 0 Å². The highest BCUT2D eigenvalue weighted by molar-refractivity contribution is 7.92. The van der Waals surface area contributed by atoms with Crippen LogP contribution in [-0.4, -0.2) is 24.3 Å². The number of sulfonamides is 1. The lowest BCUT2D eigenvalue weighted by Crippen LogP contribution is -2.15. The molecule has 4 aromatic rings. The zero-order valence-electron chi connectivity index (χ0n) is 15.8. The predicted octanol–water partition coefficient (Wildman–Crippen LogP) is 4.44. The molecule has 0 spiro atoms.